The number of para-hydroxylation sites is 1. The molecule has 0 radical (unpaired) electrons. The molecule has 2 heterocycles. The third-order valence-electron chi connectivity index (χ3n) is 5.25. The third-order valence-corrected chi connectivity index (χ3v) is 6.42. The molecule has 0 saturated carbocycles. The van der Waals surface area contributed by atoms with Crippen molar-refractivity contribution in [2.75, 3.05) is 18.5 Å². The molecule has 1 aliphatic rings. The SMILES string of the molecule is CCOC(=O)c1c(NC(=O)c2cc3cccc(OCC)c3o2)sc2c1CCC(C)C2. The number of hydrogen-bond acceptors (Lipinski definition) is 6. The highest BCUT2D eigenvalue weighted by molar-refractivity contribution is 7.17. The maximum Gasteiger partial charge on any atom is 0.341 e. The van der Waals surface area contributed by atoms with E-state index in [2.05, 4.69) is 12.2 Å². The van der Waals surface area contributed by atoms with Gasteiger partial charge in [-0.15, -0.1) is 11.3 Å². The Labute approximate surface area is 179 Å². The van der Waals surface area contributed by atoms with Gasteiger partial charge in [-0.3, -0.25) is 4.79 Å². The zero-order valence-corrected chi connectivity index (χ0v) is 18.2. The minimum absolute atomic E-state index is 0.173. The molecule has 1 unspecified atom stereocenters. The van der Waals surface area contributed by atoms with Crippen molar-refractivity contribution in [1.29, 1.82) is 0 Å². The summed E-state index contributed by atoms with van der Waals surface area (Å²) in [5, 5.41) is 4.21. The van der Waals surface area contributed by atoms with Gasteiger partial charge in [-0.25, -0.2) is 4.79 Å². The lowest BCUT2D eigenvalue weighted by atomic mass is 9.88. The van der Waals surface area contributed by atoms with Crippen LogP contribution in [0.3, 0.4) is 0 Å². The molecule has 1 aromatic carbocycles. The Kier molecular flexibility index (Phi) is 5.81. The minimum Gasteiger partial charge on any atom is -0.490 e. The Morgan fingerprint density at radius 1 is 1.27 bits per heavy atom. The number of thiophene rings is 1. The number of benzene rings is 1. The summed E-state index contributed by atoms with van der Waals surface area (Å²) in [7, 11) is 0. The minimum atomic E-state index is -0.397. The predicted octanol–water partition coefficient (Wildman–Crippen LogP) is 5.45. The number of nitrogens with one attached hydrogen (secondary N) is 1. The van der Waals surface area contributed by atoms with Gasteiger partial charge in [-0.05, 0) is 56.7 Å². The Bertz CT molecular complexity index is 1100. The third kappa shape index (κ3) is 3.81. The summed E-state index contributed by atoms with van der Waals surface area (Å²) in [6.45, 7) is 6.67. The van der Waals surface area contributed by atoms with Crippen molar-refractivity contribution in [3.63, 3.8) is 0 Å². The average Bonchev–Trinajstić information content (AvgIpc) is 3.30. The van der Waals surface area contributed by atoms with Gasteiger partial charge in [-0.2, -0.15) is 0 Å². The summed E-state index contributed by atoms with van der Waals surface area (Å²) >= 11 is 1.46. The summed E-state index contributed by atoms with van der Waals surface area (Å²) in [5.41, 5.74) is 2.03. The maximum atomic E-state index is 13.0. The Morgan fingerprint density at radius 3 is 2.87 bits per heavy atom. The van der Waals surface area contributed by atoms with E-state index >= 15 is 0 Å². The van der Waals surface area contributed by atoms with Crippen LogP contribution in [0.1, 0.15) is 58.5 Å². The second-order valence-electron chi connectivity index (χ2n) is 7.45. The second kappa shape index (κ2) is 8.52. The van der Waals surface area contributed by atoms with E-state index in [0.29, 0.717) is 34.4 Å². The first-order valence-electron chi connectivity index (χ1n) is 10.3. The fourth-order valence-electron chi connectivity index (χ4n) is 3.84. The number of carbonyl (C=O) groups is 2. The van der Waals surface area contributed by atoms with Crippen molar-refractivity contribution >= 4 is 39.2 Å². The van der Waals surface area contributed by atoms with Crippen molar-refractivity contribution in [3.05, 3.63) is 46.0 Å². The molecule has 2 aromatic heterocycles. The van der Waals surface area contributed by atoms with Crippen molar-refractivity contribution in [1.82, 2.24) is 0 Å². The van der Waals surface area contributed by atoms with Gasteiger partial charge in [0.15, 0.2) is 17.1 Å². The summed E-state index contributed by atoms with van der Waals surface area (Å²) in [5.74, 6) is 0.546. The van der Waals surface area contributed by atoms with Crippen LogP contribution >= 0.6 is 11.3 Å². The number of hydrogen-bond donors (Lipinski definition) is 1. The second-order valence-corrected chi connectivity index (χ2v) is 8.55. The highest BCUT2D eigenvalue weighted by Crippen LogP contribution is 2.40. The molecule has 30 heavy (non-hydrogen) atoms. The number of esters is 1. The molecule has 1 atom stereocenters. The summed E-state index contributed by atoms with van der Waals surface area (Å²) in [6.07, 6.45) is 2.75. The molecule has 4 rings (SSSR count). The van der Waals surface area contributed by atoms with Crippen molar-refractivity contribution in [2.45, 2.75) is 40.0 Å². The van der Waals surface area contributed by atoms with Crippen LogP contribution in [0.2, 0.25) is 0 Å². The Hall–Kier alpha value is -2.80. The Morgan fingerprint density at radius 2 is 2.10 bits per heavy atom. The number of fused-ring (bicyclic) bond motifs is 2. The molecule has 0 saturated heterocycles. The normalized spacial score (nSPS) is 15.6. The van der Waals surface area contributed by atoms with E-state index in [1.54, 1.807) is 13.0 Å². The van der Waals surface area contributed by atoms with Crippen LogP contribution in [0, 0.1) is 5.92 Å². The molecule has 0 aliphatic heterocycles. The van der Waals surface area contributed by atoms with Gasteiger partial charge in [0.1, 0.15) is 5.00 Å². The van der Waals surface area contributed by atoms with Crippen LogP contribution in [-0.4, -0.2) is 25.1 Å². The van der Waals surface area contributed by atoms with Crippen LogP contribution < -0.4 is 10.1 Å². The highest BCUT2D eigenvalue weighted by Gasteiger charge is 2.29. The van der Waals surface area contributed by atoms with Gasteiger partial charge in [0, 0.05) is 10.3 Å². The molecular formula is C23H25NO5S. The first-order chi connectivity index (χ1) is 14.5. The zero-order valence-electron chi connectivity index (χ0n) is 17.4. The lowest BCUT2D eigenvalue weighted by molar-refractivity contribution is 0.0526. The van der Waals surface area contributed by atoms with E-state index in [-0.39, 0.29) is 18.3 Å². The smallest absolute Gasteiger partial charge is 0.341 e. The highest BCUT2D eigenvalue weighted by atomic mass is 32.1. The monoisotopic (exact) mass is 427 g/mol. The standard InChI is InChI=1S/C23H25NO5S/c1-4-27-16-8-6-7-14-12-17(29-20(14)16)21(25)24-22-19(23(26)28-5-2)15-10-9-13(3)11-18(15)30-22/h6-8,12-13H,4-5,9-11H2,1-3H3,(H,24,25). The van der Waals surface area contributed by atoms with Crippen molar-refractivity contribution in [3.8, 4) is 5.75 Å². The number of amides is 1. The number of anilines is 1. The Balaban J connectivity index is 1.67. The van der Waals surface area contributed by atoms with E-state index < -0.39 is 5.91 Å². The van der Waals surface area contributed by atoms with E-state index in [1.807, 2.05) is 25.1 Å². The zero-order chi connectivity index (χ0) is 21.3. The summed E-state index contributed by atoms with van der Waals surface area (Å²) in [6, 6.07) is 7.22. The van der Waals surface area contributed by atoms with Crippen LogP contribution in [0.25, 0.3) is 11.0 Å². The lowest BCUT2D eigenvalue weighted by Gasteiger charge is -2.18. The topological polar surface area (TPSA) is 77.8 Å². The van der Waals surface area contributed by atoms with Crippen LogP contribution in [0.15, 0.2) is 28.7 Å². The van der Waals surface area contributed by atoms with Crippen LogP contribution in [0.5, 0.6) is 5.75 Å². The molecule has 1 aliphatic carbocycles. The van der Waals surface area contributed by atoms with Gasteiger partial charge in [0.2, 0.25) is 0 Å². The molecule has 6 nitrogen and oxygen atoms in total. The average molecular weight is 428 g/mol. The number of ether oxygens (including phenoxy) is 2. The lowest BCUT2D eigenvalue weighted by Crippen LogP contribution is -2.16. The fourth-order valence-corrected chi connectivity index (χ4v) is 5.23. The predicted molar refractivity (Wildman–Crippen MR) is 117 cm³/mol. The molecule has 7 heteroatoms. The van der Waals surface area contributed by atoms with Crippen LogP contribution in [-0.2, 0) is 17.6 Å². The van der Waals surface area contributed by atoms with Gasteiger partial charge >= 0.3 is 5.97 Å². The van der Waals surface area contributed by atoms with Gasteiger partial charge in [0.05, 0.1) is 18.8 Å². The quantitative estimate of drug-likeness (QED) is 0.530. The van der Waals surface area contributed by atoms with Crippen molar-refractivity contribution < 1.29 is 23.5 Å². The maximum absolute atomic E-state index is 13.0. The van der Waals surface area contributed by atoms with Gasteiger partial charge < -0.3 is 19.2 Å². The number of carbonyl (C=O) groups excluding carboxylic acids is 2. The molecule has 158 valence electrons. The fraction of sp³-hybridized carbons (Fsp3) is 0.391. The van der Waals surface area contributed by atoms with Gasteiger partial charge in [-0.1, -0.05) is 19.1 Å². The van der Waals surface area contributed by atoms with E-state index in [1.165, 1.54) is 11.3 Å². The largest absolute Gasteiger partial charge is 0.490 e. The van der Waals surface area contributed by atoms with E-state index in [9.17, 15) is 9.59 Å². The first kappa shape index (κ1) is 20.5. The van der Waals surface area contributed by atoms with Gasteiger partial charge in [0.25, 0.3) is 5.91 Å². The molecule has 0 spiro atoms. The number of furan rings is 1. The first-order valence-corrected chi connectivity index (χ1v) is 11.1. The number of rotatable bonds is 6. The molecular weight excluding hydrogens is 402 g/mol. The van der Waals surface area contributed by atoms with Crippen LogP contribution in [0.4, 0.5) is 5.00 Å². The molecule has 1 N–H and O–H groups in total. The summed E-state index contributed by atoms with van der Waals surface area (Å²) < 4.78 is 16.7. The molecule has 3 aromatic rings. The van der Waals surface area contributed by atoms with Crippen molar-refractivity contribution in [2.24, 2.45) is 5.92 Å². The van der Waals surface area contributed by atoms with E-state index in [0.717, 1.165) is 35.1 Å². The molecule has 1 amide bonds. The summed E-state index contributed by atoms with van der Waals surface area (Å²) in [4.78, 5) is 26.8. The van der Waals surface area contributed by atoms with E-state index in [4.69, 9.17) is 13.9 Å². The molecule has 0 bridgehead atoms. The molecule has 0 fully saturated rings.